The predicted molar refractivity (Wildman–Crippen MR) is 104 cm³/mol. The molecule has 0 saturated carbocycles. The van der Waals surface area contributed by atoms with Crippen LogP contribution < -0.4 is 5.32 Å². The van der Waals surface area contributed by atoms with Gasteiger partial charge in [-0.3, -0.25) is 29.4 Å². The van der Waals surface area contributed by atoms with Gasteiger partial charge in [0.25, 0.3) is 11.8 Å². The molecule has 1 aromatic carbocycles. The largest absolute Gasteiger partial charge is 0.419 e. The van der Waals surface area contributed by atoms with Crippen molar-refractivity contribution in [1.82, 2.24) is 25.3 Å². The Morgan fingerprint density at radius 1 is 1.03 bits per heavy atom. The molecule has 10 nitrogen and oxygen atoms in total. The highest BCUT2D eigenvalue weighted by Gasteiger charge is 2.48. The van der Waals surface area contributed by atoms with E-state index in [-0.39, 0.29) is 25.1 Å². The minimum Gasteiger partial charge on any atom is -0.419 e. The maximum atomic E-state index is 13.2. The molecular weight excluding hydrogens is 402 g/mol. The summed E-state index contributed by atoms with van der Waals surface area (Å²) in [6.07, 6.45) is 1.36. The number of aromatic nitrogens is 2. The summed E-state index contributed by atoms with van der Waals surface area (Å²) >= 11 is 0. The second-order valence-corrected chi connectivity index (χ2v) is 7.67. The maximum Gasteiger partial charge on any atom is 0.278 e. The lowest BCUT2D eigenvalue weighted by molar-refractivity contribution is -0.150. The van der Waals surface area contributed by atoms with E-state index in [2.05, 4.69) is 15.5 Å². The van der Waals surface area contributed by atoms with Crippen LogP contribution in [0.25, 0.3) is 11.5 Å². The topological polar surface area (TPSA) is 126 Å². The van der Waals surface area contributed by atoms with Gasteiger partial charge in [0, 0.05) is 24.1 Å². The van der Waals surface area contributed by atoms with Crippen LogP contribution in [0.3, 0.4) is 0 Å². The van der Waals surface area contributed by atoms with Crippen molar-refractivity contribution in [3.8, 4) is 11.5 Å². The Morgan fingerprint density at radius 2 is 1.84 bits per heavy atom. The van der Waals surface area contributed by atoms with Crippen molar-refractivity contribution < 1.29 is 23.6 Å². The lowest BCUT2D eigenvalue weighted by Gasteiger charge is -2.29. The van der Waals surface area contributed by atoms with Gasteiger partial charge in [0.2, 0.25) is 23.6 Å². The minimum atomic E-state index is -0.974. The van der Waals surface area contributed by atoms with Crippen LogP contribution in [0.4, 0.5) is 0 Å². The van der Waals surface area contributed by atoms with Gasteiger partial charge in [-0.1, -0.05) is 18.2 Å². The first-order chi connectivity index (χ1) is 15.0. The lowest BCUT2D eigenvalue weighted by Crippen LogP contribution is -2.55. The first-order valence-electron chi connectivity index (χ1n) is 10.1. The molecule has 4 heterocycles. The van der Waals surface area contributed by atoms with Gasteiger partial charge in [0.05, 0.1) is 6.54 Å². The van der Waals surface area contributed by atoms with Crippen LogP contribution in [0.5, 0.6) is 0 Å². The Balaban J connectivity index is 1.38. The van der Waals surface area contributed by atoms with Crippen LogP contribution in [0.2, 0.25) is 0 Å². The molecule has 31 heavy (non-hydrogen) atoms. The number of rotatable bonds is 4. The third-order valence-electron chi connectivity index (χ3n) is 5.69. The first-order valence-corrected chi connectivity index (χ1v) is 10.1. The van der Waals surface area contributed by atoms with Gasteiger partial charge in [-0.25, -0.2) is 0 Å². The summed E-state index contributed by atoms with van der Waals surface area (Å²) in [5, 5.41) is 10.4. The van der Waals surface area contributed by atoms with Crippen molar-refractivity contribution >= 4 is 23.6 Å². The fraction of sp³-hybridized carbons (Fsp3) is 0.333. The van der Waals surface area contributed by atoms with Crippen molar-refractivity contribution in [3.63, 3.8) is 0 Å². The molecule has 1 aromatic heterocycles. The molecule has 4 amide bonds. The molecule has 0 bridgehead atoms. The van der Waals surface area contributed by atoms with E-state index in [4.69, 9.17) is 4.42 Å². The third-order valence-corrected chi connectivity index (χ3v) is 5.69. The molecular formula is C21H19N5O5. The van der Waals surface area contributed by atoms with Gasteiger partial charge in [-0.2, -0.15) is 0 Å². The molecule has 1 fully saturated rings. The standard InChI is InChI=1S/C21H19N5O5/c27-15-9-8-14(18(28)22-15)26-20(29)13-7-4-10-25(17(13)21(26)30)11-16-23-24-19(31-16)12-5-2-1-3-6-12/h1-3,5-6,14H,4,7-11H2,(H,22,27,28). The molecule has 1 unspecified atom stereocenters. The van der Waals surface area contributed by atoms with E-state index in [0.717, 1.165) is 10.5 Å². The molecule has 0 aliphatic carbocycles. The van der Waals surface area contributed by atoms with E-state index < -0.39 is 29.7 Å². The summed E-state index contributed by atoms with van der Waals surface area (Å²) < 4.78 is 5.76. The highest BCUT2D eigenvalue weighted by molar-refractivity contribution is 6.21. The highest BCUT2D eigenvalue weighted by atomic mass is 16.4. The number of carbonyl (C=O) groups excluding carboxylic acids is 4. The SMILES string of the molecule is O=C1CCC(N2C(=O)C3=C(C2=O)N(Cc2nnc(-c4ccccc4)o2)CCC3)C(=O)N1. The minimum absolute atomic E-state index is 0.0894. The zero-order valence-electron chi connectivity index (χ0n) is 16.5. The Morgan fingerprint density at radius 3 is 2.61 bits per heavy atom. The predicted octanol–water partition coefficient (Wildman–Crippen LogP) is 0.760. The van der Waals surface area contributed by atoms with Crippen LogP contribution in [0.1, 0.15) is 31.6 Å². The zero-order valence-corrected chi connectivity index (χ0v) is 16.5. The summed E-state index contributed by atoms with van der Waals surface area (Å²) in [5.74, 6) is -1.29. The third kappa shape index (κ3) is 3.29. The van der Waals surface area contributed by atoms with Crippen molar-refractivity contribution in [2.24, 2.45) is 0 Å². The van der Waals surface area contributed by atoms with Crippen molar-refractivity contribution in [2.75, 3.05) is 6.54 Å². The summed E-state index contributed by atoms with van der Waals surface area (Å²) in [7, 11) is 0. The molecule has 5 rings (SSSR count). The average Bonchev–Trinajstić information content (AvgIpc) is 3.33. The van der Waals surface area contributed by atoms with E-state index in [1.165, 1.54) is 0 Å². The van der Waals surface area contributed by atoms with Gasteiger partial charge in [-0.05, 0) is 31.4 Å². The molecule has 2 aromatic rings. The van der Waals surface area contributed by atoms with E-state index in [0.29, 0.717) is 36.7 Å². The number of carbonyl (C=O) groups is 4. The fourth-order valence-electron chi connectivity index (χ4n) is 4.24. The van der Waals surface area contributed by atoms with E-state index in [9.17, 15) is 19.2 Å². The maximum absolute atomic E-state index is 13.2. The number of amides is 4. The van der Waals surface area contributed by atoms with Crippen LogP contribution in [-0.2, 0) is 25.7 Å². The average molecular weight is 421 g/mol. The van der Waals surface area contributed by atoms with Gasteiger partial charge in [0.1, 0.15) is 11.7 Å². The summed E-state index contributed by atoms with van der Waals surface area (Å²) in [4.78, 5) is 52.6. The molecule has 158 valence electrons. The number of benzene rings is 1. The smallest absolute Gasteiger partial charge is 0.278 e. The van der Waals surface area contributed by atoms with Gasteiger partial charge in [-0.15, -0.1) is 10.2 Å². The molecule has 0 spiro atoms. The number of nitrogens with zero attached hydrogens (tertiary/aromatic N) is 4. The normalized spacial score (nSPS) is 21.6. The molecule has 3 aliphatic heterocycles. The summed E-state index contributed by atoms with van der Waals surface area (Å²) in [6, 6.07) is 8.37. The van der Waals surface area contributed by atoms with Gasteiger partial charge in [0.15, 0.2) is 0 Å². The quantitative estimate of drug-likeness (QED) is 0.717. The number of piperidine rings is 1. The summed E-state index contributed by atoms with van der Waals surface area (Å²) in [5.41, 5.74) is 1.46. The molecule has 1 atom stereocenters. The number of hydrogen-bond donors (Lipinski definition) is 1. The molecule has 3 aliphatic rings. The first kappa shape index (κ1) is 19.2. The van der Waals surface area contributed by atoms with E-state index in [1.54, 1.807) is 4.90 Å². The Labute approximate surface area is 176 Å². The monoisotopic (exact) mass is 421 g/mol. The van der Waals surface area contributed by atoms with Gasteiger partial charge >= 0.3 is 0 Å². The van der Waals surface area contributed by atoms with Crippen molar-refractivity contribution in [1.29, 1.82) is 0 Å². The zero-order chi connectivity index (χ0) is 21.5. The van der Waals surface area contributed by atoms with Crippen LogP contribution in [0, 0.1) is 0 Å². The van der Waals surface area contributed by atoms with Crippen molar-refractivity contribution in [3.05, 3.63) is 47.5 Å². The Kier molecular flexibility index (Phi) is 4.61. The number of imide groups is 2. The Bertz CT molecular complexity index is 1120. The number of nitrogens with one attached hydrogen (secondary N) is 1. The molecule has 0 radical (unpaired) electrons. The lowest BCUT2D eigenvalue weighted by atomic mass is 10.0. The molecule has 1 saturated heterocycles. The number of hydrogen-bond acceptors (Lipinski definition) is 8. The van der Waals surface area contributed by atoms with Crippen LogP contribution >= 0.6 is 0 Å². The van der Waals surface area contributed by atoms with E-state index in [1.807, 2.05) is 30.3 Å². The fourth-order valence-corrected chi connectivity index (χ4v) is 4.24. The Hall–Kier alpha value is -3.82. The van der Waals surface area contributed by atoms with Gasteiger partial charge < -0.3 is 9.32 Å². The van der Waals surface area contributed by atoms with Crippen molar-refractivity contribution in [2.45, 2.75) is 38.3 Å². The van der Waals surface area contributed by atoms with Crippen LogP contribution in [-0.4, -0.2) is 56.2 Å². The van der Waals surface area contributed by atoms with Crippen LogP contribution in [0.15, 0.2) is 46.0 Å². The highest BCUT2D eigenvalue weighted by Crippen LogP contribution is 2.34. The van der Waals surface area contributed by atoms with E-state index >= 15 is 0 Å². The second kappa shape index (κ2) is 7.46. The molecule has 1 N–H and O–H groups in total. The summed E-state index contributed by atoms with van der Waals surface area (Å²) in [6.45, 7) is 0.727. The second-order valence-electron chi connectivity index (χ2n) is 7.67. The molecule has 10 heteroatoms.